The molecule has 0 rings (SSSR count). The van der Waals surface area contributed by atoms with E-state index in [1.165, 1.54) is 340 Å². The van der Waals surface area contributed by atoms with Crippen LogP contribution in [0.15, 0.2) is 12.2 Å². The van der Waals surface area contributed by atoms with Crippen molar-refractivity contribution in [1.82, 2.24) is 0 Å². The monoisotopic (exact) mass is 1170 g/mol. The molecule has 0 aromatic carbocycles. The van der Waals surface area contributed by atoms with Crippen LogP contribution in [0.5, 0.6) is 0 Å². The zero-order valence-electron chi connectivity index (χ0n) is 56.8. The summed E-state index contributed by atoms with van der Waals surface area (Å²) in [5.74, 6) is -0.839. The maximum atomic E-state index is 13.0. The van der Waals surface area contributed by atoms with Crippen LogP contribution in [0.4, 0.5) is 0 Å². The Labute approximate surface area is 520 Å². The molecule has 1 unspecified atom stereocenters. The molecule has 0 N–H and O–H groups in total. The zero-order chi connectivity index (χ0) is 59.9. The molecule has 0 aliphatic heterocycles. The molecule has 492 valence electrons. The fraction of sp³-hybridized carbons (Fsp3) is 0.935. The number of carbonyl (C=O) groups is 3. The van der Waals surface area contributed by atoms with Crippen LogP contribution in [0.25, 0.3) is 0 Å². The van der Waals surface area contributed by atoms with Crippen LogP contribution in [-0.2, 0) is 28.6 Å². The molecule has 0 aliphatic rings. The summed E-state index contributed by atoms with van der Waals surface area (Å²) >= 11 is 0. The Hall–Kier alpha value is -1.85. The van der Waals surface area contributed by atoms with E-state index in [9.17, 15) is 14.4 Å². The van der Waals surface area contributed by atoms with E-state index in [4.69, 9.17) is 14.2 Å². The summed E-state index contributed by atoms with van der Waals surface area (Å²) in [5.41, 5.74) is 0. The van der Waals surface area contributed by atoms with Crippen molar-refractivity contribution in [3.63, 3.8) is 0 Å². The molecule has 0 aromatic rings. The number of hydrogen-bond acceptors (Lipinski definition) is 6. The van der Waals surface area contributed by atoms with Gasteiger partial charge in [0.25, 0.3) is 0 Å². The molecular formula is C77H148O6. The van der Waals surface area contributed by atoms with Crippen LogP contribution in [0.3, 0.4) is 0 Å². The molecule has 83 heavy (non-hydrogen) atoms. The predicted molar refractivity (Wildman–Crippen MR) is 363 cm³/mol. The minimum atomic E-state index is -0.770. The standard InChI is InChI=1S/C77H148O6/c1-4-7-10-13-16-19-22-24-26-28-30-32-34-36-38-40-42-44-46-48-50-52-55-58-61-64-67-70-76(79)82-73-74(72-81-75(78)69-66-63-60-57-54-21-18-15-12-9-6-3)83-77(80)71-68-65-62-59-56-53-51-49-47-45-43-41-39-37-35-33-31-29-27-25-23-20-17-14-11-8-5-2/h15,18,74H,4-14,16-17,19-73H2,1-3H3/b18-15-. The van der Waals surface area contributed by atoms with Crippen LogP contribution in [-0.4, -0.2) is 37.2 Å². The molecule has 0 aromatic heterocycles. The molecule has 0 fully saturated rings. The lowest BCUT2D eigenvalue weighted by Crippen LogP contribution is -2.30. The van der Waals surface area contributed by atoms with Crippen molar-refractivity contribution < 1.29 is 28.6 Å². The summed E-state index contributed by atoms with van der Waals surface area (Å²) in [7, 11) is 0. The summed E-state index contributed by atoms with van der Waals surface area (Å²) in [5, 5.41) is 0. The lowest BCUT2D eigenvalue weighted by molar-refractivity contribution is -0.167. The number of hydrogen-bond donors (Lipinski definition) is 0. The fourth-order valence-electron chi connectivity index (χ4n) is 12.0. The zero-order valence-corrected chi connectivity index (χ0v) is 56.8. The van der Waals surface area contributed by atoms with Gasteiger partial charge in [-0.15, -0.1) is 0 Å². The Bertz CT molecular complexity index is 1300. The molecule has 0 aliphatic carbocycles. The van der Waals surface area contributed by atoms with E-state index in [0.717, 1.165) is 64.2 Å². The van der Waals surface area contributed by atoms with E-state index < -0.39 is 6.10 Å². The van der Waals surface area contributed by atoms with Crippen LogP contribution >= 0.6 is 0 Å². The van der Waals surface area contributed by atoms with E-state index in [1.54, 1.807) is 0 Å². The van der Waals surface area contributed by atoms with Gasteiger partial charge in [-0.05, 0) is 38.5 Å². The van der Waals surface area contributed by atoms with Crippen molar-refractivity contribution in [2.75, 3.05) is 13.2 Å². The third kappa shape index (κ3) is 70.8. The van der Waals surface area contributed by atoms with Crippen molar-refractivity contribution in [3.8, 4) is 0 Å². The summed E-state index contributed by atoms with van der Waals surface area (Å²) in [6.07, 6.45) is 88.5. The molecule has 1 atom stereocenters. The summed E-state index contributed by atoms with van der Waals surface area (Å²) in [6, 6.07) is 0. The summed E-state index contributed by atoms with van der Waals surface area (Å²) in [4.78, 5) is 38.4. The summed E-state index contributed by atoms with van der Waals surface area (Å²) < 4.78 is 17.0. The normalized spacial score (nSPS) is 12.0. The molecule has 0 bridgehead atoms. The highest BCUT2D eigenvalue weighted by atomic mass is 16.6. The summed E-state index contributed by atoms with van der Waals surface area (Å²) in [6.45, 7) is 6.70. The average Bonchev–Trinajstić information content (AvgIpc) is 3.48. The SMILES string of the molecule is CCCC/C=C\CCCCCCCC(=O)OCC(COC(=O)CCCCCCCCCCCCCCCCCCCCCCCCCCCCC)OC(=O)CCCCCCCCCCCCCCCCCCCCCCCCCCCCC. The van der Waals surface area contributed by atoms with Crippen molar-refractivity contribution >= 4 is 17.9 Å². The molecule has 0 saturated heterocycles. The highest BCUT2D eigenvalue weighted by Crippen LogP contribution is 2.20. The van der Waals surface area contributed by atoms with Gasteiger partial charge in [-0.2, -0.15) is 0 Å². The number of unbranched alkanes of at least 4 members (excludes halogenated alkanes) is 59. The van der Waals surface area contributed by atoms with E-state index in [0.29, 0.717) is 19.3 Å². The Balaban J connectivity index is 4.10. The number of rotatable bonds is 72. The Morgan fingerprint density at radius 2 is 0.410 bits per heavy atom. The van der Waals surface area contributed by atoms with Gasteiger partial charge in [-0.1, -0.05) is 399 Å². The first kappa shape index (κ1) is 81.2. The van der Waals surface area contributed by atoms with Gasteiger partial charge in [0.05, 0.1) is 0 Å². The van der Waals surface area contributed by atoms with Gasteiger partial charge in [0, 0.05) is 19.3 Å². The average molecular weight is 1170 g/mol. The van der Waals surface area contributed by atoms with Gasteiger partial charge in [0.15, 0.2) is 6.10 Å². The number of allylic oxidation sites excluding steroid dienone is 2. The second-order valence-corrected chi connectivity index (χ2v) is 26.3. The molecule has 0 spiro atoms. The van der Waals surface area contributed by atoms with Gasteiger partial charge in [0.2, 0.25) is 0 Å². The van der Waals surface area contributed by atoms with E-state index in [-0.39, 0.29) is 31.1 Å². The van der Waals surface area contributed by atoms with Gasteiger partial charge in [0.1, 0.15) is 13.2 Å². The van der Waals surface area contributed by atoms with Crippen molar-refractivity contribution in [3.05, 3.63) is 12.2 Å². The third-order valence-corrected chi connectivity index (χ3v) is 17.8. The Kier molecular flexibility index (Phi) is 71.0. The molecule has 0 radical (unpaired) electrons. The third-order valence-electron chi connectivity index (χ3n) is 17.8. The smallest absolute Gasteiger partial charge is 0.306 e. The van der Waals surface area contributed by atoms with Crippen molar-refractivity contribution in [1.29, 1.82) is 0 Å². The highest BCUT2D eigenvalue weighted by Gasteiger charge is 2.20. The minimum absolute atomic E-state index is 0.0657. The first-order chi connectivity index (χ1) is 41.0. The van der Waals surface area contributed by atoms with Crippen LogP contribution in [0.2, 0.25) is 0 Å². The second-order valence-electron chi connectivity index (χ2n) is 26.3. The highest BCUT2D eigenvalue weighted by molar-refractivity contribution is 5.71. The van der Waals surface area contributed by atoms with Crippen LogP contribution in [0.1, 0.15) is 445 Å². The first-order valence-electron chi connectivity index (χ1n) is 38.2. The predicted octanol–water partition coefficient (Wildman–Crippen LogP) is 26.3. The lowest BCUT2D eigenvalue weighted by atomic mass is 10.0. The lowest BCUT2D eigenvalue weighted by Gasteiger charge is -2.18. The van der Waals surface area contributed by atoms with Gasteiger partial charge in [-0.3, -0.25) is 14.4 Å². The molecule has 6 heteroatoms. The maximum Gasteiger partial charge on any atom is 0.306 e. The Morgan fingerprint density at radius 3 is 0.639 bits per heavy atom. The quantitative estimate of drug-likeness (QED) is 0.0261. The second kappa shape index (κ2) is 72.6. The largest absolute Gasteiger partial charge is 0.462 e. The Morgan fingerprint density at radius 1 is 0.229 bits per heavy atom. The minimum Gasteiger partial charge on any atom is -0.462 e. The number of esters is 3. The molecule has 0 heterocycles. The number of ether oxygens (including phenoxy) is 3. The molecular weight excluding hydrogens is 1020 g/mol. The first-order valence-corrected chi connectivity index (χ1v) is 38.2. The van der Waals surface area contributed by atoms with Crippen molar-refractivity contribution in [2.24, 2.45) is 0 Å². The number of carbonyl (C=O) groups excluding carboxylic acids is 3. The van der Waals surface area contributed by atoms with E-state index >= 15 is 0 Å². The van der Waals surface area contributed by atoms with E-state index in [1.807, 2.05) is 0 Å². The van der Waals surface area contributed by atoms with Crippen LogP contribution in [0, 0.1) is 0 Å². The molecule has 0 saturated carbocycles. The molecule has 6 nitrogen and oxygen atoms in total. The van der Waals surface area contributed by atoms with Crippen LogP contribution < -0.4 is 0 Å². The van der Waals surface area contributed by atoms with E-state index in [2.05, 4.69) is 32.9 Å². The fourth-order valence-corrected chi connectivity index (χ4v) is 12.0. The van der Waals surface area contributed by atoms with Gasteiger partial charge < -0.3 is 14.2 Å². The van der Waals surface area contributed by atoms with Gasteiger partial charge >= 0.3 is 17.9 Å². The topological polar surface area (TPSA) is 78.9 Å². The molecule has 0 amide bonds. The van der Waals surface area contributed by atoms with Gasteiger partial charge in [-0.25, -0.2) is 0 Å². The van der Waals surface area contributed by atoms with Crippen molar-refractivity contribution in [2.45, 2.75) is 451 Å². The maximum absolute atomic E-state index is 13.0.